The highest BCUT2D eigenvalue weighted by molar-refractivity contribution is 7.80. The molecule has 6 nitrogen and oxygen atoms in total. The van der Waals surface area contributed by atoms with Gasteiger partial charge in [-0.1, -0.05) is 23.7 Å². The van der Waals surface area contributed by atoms with Crippen LogP contribution in [0.4, 0.5) is 11.4 Å². The molecule has 1 N–H and O–H groups in total. The molecule has 2 aliphatic rings. The topological polar surface area (TPSA) is 49.9 Å². The molecule has 0 amide bonds. The first-order chi connectivity index (χ1) is 20.2. The van der Waals surface area contributed by atoms with Crippen LogP contribution >= 0.6 is 23.8 Å². The summed E-state index contributed by atoms with van der Waals surface area (Å²) in [6, 6.07) is 25.3. The van der Waals surface area contributed by atoms with E-state index in [2.05, 4.69) is 61.1 Å². The minimum Gasteiger partial charge on any atom is -0.497 e. The van der Waals surface area contributed by atoms with Crippen LogP contribution in [-0.4, -0.2) is 29.8 Å². The molecule has 8 heteroatoms. The Morgan fingerprint density at radius 2 is 1.62 bits per heavy atom. The summed E-state index contributed by atoms with van der Waals surface area (Å²) in [6.45, 7) is 6.58. The van der Waals surface area contributed by atoms with Crippen LogP contribution in [0.5, 0.6) is 17.2 Å². The molecular formula is C34H33ClN4O2S. The molecule has 42 heavy (non-hydrogen) atoms. The molecule has 3 heterocycles. The van der Waals surface area contributed by atoms with Crippen LogP contribution in [-0.2, 0) is 0 Å². The smallest absolute Gasteiger partial charge is 0.174 e. The number of nitrogens with one attached hydrogen (secondary N) is 1. The lowest BCUT2D eigenvalue weighted by atomic mass is 9.86. The highest BCUT2D eigenvalue weighted by Gasteiger charge is 2.42. The van der Waals surface area contributed by atoms with Gasteiger partial charge in [0.05, 0.1) is 30.4 Å². The summed E-state index contributed by atoms with van der Waals surface area (Å²) < 4.78 is 11.3. The Morgan fingerprint density at radius 3 is 2.26 bits per heavy atom. The number of fused-ring (bicyclic) bond motifs is 1. The number of ether oxygens (including phenoxy) is 2. The van der Waals surface area contributed by atoms with E-state index in [1.807, 2.05) is 72.9 Å². The molecule has 214 valence electrons. The lowest BCUT2D eigenvalue weighted by Gasteiger charge is -2.41. The van der Waals surface area contributed by atoms with Gasteiger partial charge in [-0.25, -0.2) is 0 Å². The molecule has 2 unspecified atom stereocenters. The van der Waals surface area contributed by atoms with Gasteiger partial charge < -0.3 is 24.6 Å². The average molecular weight is 597 g/mol. The monoisotopic (exact) mass is 596 g/mol. The van der Waals surface area contributed by atoms with Crippen LogP contribution in [0.15, 0.2) is 91.1 Å². The van der Waals surface area contributed by atoms with Gasteiger partial charge in [0.25, 0.3) is 0 Å². The Morgan fingerprint density at radius 1 is 0.952 bits per heavy atom. The van der Waals surface area contributed by atoms with E-state index in [1.54, 1.807) is 7.11 Å². The van der Waals surface area contributed by atoms with Gasteiger partial charge in [0.15, 0.2) is 5.11 Å². The van der Waals surface area contributed by atoms with E-state index in [0.717, 1.165) is 45.4 Å². The fourth-order valence-electron chi connectivity index (χ4n) is 5.82. The number of thiocarbonyl (C=S) groups is 1. The van der Waals surface area contributed by atoms with Gasteiger partial charge in [0, 0.05) is 35.2 Å². The van der Waals surface area contributed by atoms with Crippen molar-refractivity contribution in [2.24, 2.45) is 0 Å². The van der Waals surface area contributed by atoms with Crippen LogP contribution in [0, 0.1) is 0 Å². The van der Waals surface area contributed by atoms with E-state index in [1.165, 1.54) is 5.57 Å². The number of hydrogen-bond donors (Lipinski definition) is 1. The van der Waals surface area contributed by atoms with Crippen LogP contribution in [0.25, 0.3) is 5.57 Å². The zero-order valence-corrected chi connectivity index (χ0v) is 25.8. The molecule has 0 radical (unpaired) electrons. The van der Waals surface area contributed by atoms with Gasteiger partial charge in [0.1, 0.15) is 17.2 Å². The number of likely N-dealkylation sites (N-methyl/N-ethyl adjacent to an activating group) is 1. The lowest BCUT2D eigenvalue weighted by Crippen LogP contribution is -2.42. The maximum absolute atomic E-state index is 7.14. The minimum absolute atomic E-state index is 0.115. The Labute approximate surface area is 257 Å². The predicted octanol–water partition coefficient (Wildman–Crippen LogP) is 8.34. The van der Waals surface area contributed by atoms with Crippen molar-refractivity contribution >= 4 is 45.9 Å². The molecule has 6 rings (SSSR count). The number of halogens is 1. The Balaban J connectivity index is 1.40. The number of aromatic nitrogens is 1. The van der Waals surface area contributed by atoms with Crippen LogP contribution in [0.2, 0.25) is 5.02 Å². The second-order valence-electron chi connectivity index (χ2n) is 11.2. The summed E-state index contributed by atoms with van der Waals surface area (Å²) in [5.74, 6) is 2.23. The first-order valence-electron chi connectivity index (χ1n) is 13.9. The zero-order valence-electron chi connectivity index (χ0n) is 24.3. The lowest BCUT2D eigenvalue weighted by molar-refractivity contribution is 0.413. The quantitative estimate of drug-likeness (QED) is 0.224. The third kappa shape index (κ3) is 5.08. The van der Waals surface area contributed by atoms with Crippen molar-refractivity contribution in [1.82, 2.24) is 10.3 Å². The largest absolute Gasteiger partial charge is 0.497 e. The van der Waals surface area contributed by atoms with Crippen molar-refractivity contribution in [3.63, 3.8) is 0 Å². The fraction of sp³-hybridized carbons (Fsp3) is 0.235. The second kappa shape index (κ2) is 11.0. The number of methoxy groups -OCH3 is 1. The number of anilines is 2. The minimum atomic E-state index is -0.230. The molecule has 1 saturated heterocycles. The maximum Gasteiger partial charge on any atom is 0.174 e. The molecule has 0 bridgehead atoms. The van der Waals surface area contributed by atoms with Crippen LogP contribution in [0.1, 0.15) is 49.7 Å². The zero-order chi connectivity index (χ0) is 29.6. The summed E-state index contributed by atoms with van der Waals surface area (Å²) in [7, 11) is 3.76. The summed E-state index contributed by atoms with van der Waals surface area (Å²) in [5.41, 5.74) is 6.19. The second-order valence-corrected chi connectivity index (χ2v) is 12.0. The Bertz CT molecular complexity index is 1660. The summed E-state index contributed by atoms with van der Waals surface area (Å²) in [5, 5.41) is 4.84. The molecule has 0 spiro atoms. The van der Waals surface area contributed by atoms with Crippen molar-refractivity contribution in [3.8, 4) is 17.2 Å². The van der Waals surface area contributed by atoms with E-state index in [-0.39, 0.29) is 17.6 Å². The SMILES string of the molecule is COc1ccc(Oc2ccc(N3C(=S)NC(c4ccccn4)C3c3cc4c(cc3Cl)N(C)C(C)(C)C=C4C)cc2)cc1. The van der Waals surface area contributed by atoms with Gasteiger partial charge in [-0.15, -0.1) is 0 Å². The molecule has 0 aliphatic carbocycles. The van der Waals surface area contributed by atoms with Gasteiger partial charge >= 0.3 is 0 Å². The molecule has 4 aromatic rings. The predicted molar refractivity (Wildman–Crippen MR) is 175 cm³/mol. The third-order valence-electron chi connectivity index (χ3n) is 8.16. The summed E-state index contributed by atoms with van der Waals surface area (Å²) >= 11 is 13.1. The number of allylic oxidation sites excluding steroid dienone is 1. The molecular weight excluding hydrogens is 564 g/mol. The Hall–Kier alpha value is -4.07. The summed E-state index contributed by atoms with van der Waals surface area (Å²) in [4.78, 5) is 9.10. The summed E-state index contributed by atoms with van der Waals surface area (Å²) in [6.07, 6.45) is 4.11. The highest BCUT2D eigenvalue weighted by atomic mass is 35.5. The number of nitrogens with zero attached hydrogens (tertiary/aromatic N) is 3. The van der Waals surface area contributed by atoms with E-state index < -0.39 is 0 Å². The van der Waals surface area contributed by atoms with E-state index in [4.69, 9.17) is 38.3 Å². The van der Waals surface area contributed by atoms with Crippen molar-refractivity contribution < 1.29 is 9.47 Å². The maximum atomic E-state index is 7.14. The van der Waals surface area contributed by atoms with Crippen LogP contribution < -0.4 is 24.6 Å². The number of benzene rings is 3. The van der Waals surface area contributed by atoms with Gasteiger partial charge in [-0.3, -0.25) is 4.98 Å². The number of hydrogen-bond acceptors (Lipinski definition) is 5. The van der Waals surface area contributed by atoms with Crippen LogP contribution in [0.3, 0.4) is 0 Å². The average Bonchev–Trinajstić information content (AvgIpc) is 3.33. The molecule has 1 aromatic heterocycles. The van der Waals surface area contributed by atoms with E-state index in [9.17, 15) is 0 Å². The number of pyridine rings is 1. The van der Waals surface area contributed by atoms with Crippen molar-refractivity contribution in [2.75, 3.05) is 24.0 Å². The van der Waals surface area contributed by atoms with E-state index in [0.29, 0.717) is 10.1 Å². The highest BCUT2D eigenvalue weighted by Crippen LogP contribution is 2.48. The van der Waals surface area contributed by atoms with Crippen molar-refractivity contribution in [2.45, 2.75) is 38.4 Å². The Kier molecular flexibility index (Phi) is 7.33. The normalized spacial score (nSPS) is 19.2. The third-order valence-corrected chi connectivity index (χ3v) is 8.80. The molecule has 1 fully saturated rings. The standard InChI is InChI=1S/C34H33ClN4O2S/c1-21-20-34(2,3)38(4)30-19-28(35)27(18-26(21)30)32-31(29-8-6-7-17-36-29)37-33(42)39(32)22-9-11-24(12-10-22)41-25-15-13-23(40-5)14-16-25/h6-20,31-32H,1-5H3,(H,37,42). The first kappa shape index (κ1) is 28.1. The van der Waals surface area contributed by atoms with Crippen molar-refractivity contribution in [3.05, 3.63) is 113 Å². The molecule has 3 aromatic carbocycles. The molecule has 2 atom stereocenters. The fourth-order valence-corrected chi connectivity index (χ4v) is 6.43. The van der Waals surface area contributed by atoms with Gasteiger partial charge in [-0.05, 0) is 117 Å². The van der Waals surface area contributed by atoms with Gasteiger partial charge in [0.2, 0.25) is 0 Å². The van der Waals surface area contributed by atoms with Gasteiger partial charge in [-0.2, -0.15) is 0 Å². The molecule has 0 saturated carbocycles. The van der Waals surface area contributed by atoms with E-state index >= 15 is 0 Å². The number of rotatable bonds is 6. The molecule has 2 aliphatic heterocycles. The first-order valence-corrected chi connectivity index (χ1v) is 14.6. The van der Waals surface area contributed by atoms with Crippen molar-refractivity contribution in [1.29, 1.82) is 0 Å².